The van der Waals surface area contributed by atoms with E-state index in [2.05, 4.69) is 20.2 Å². The van der Waals surface area contributed by atoms with Gasteiger partial charge in [0.05, 0.1) is 5.69 Å². The van der Waals surface area contributed by atoms with Crippen LogP contribution in [0, 0.1) is 12.8 Å². The minimum atomic E-state index is 0.284. The van der Waals surface area contributed by atoms with Gasteiger partial charge in [-0.2, -0.15) is 11.8 Å². The van der Waals surface area contributed by atoms with Crippen molar-refractivity contribution in [3.63, 3.8) is 0 Å². The highest BCUT2D eigenvalue weighted by Crippen LogP contribution is 2.30. The SMILES string of the molecule is Cc1nc2c(c(N[C@@H]3CCSC3)n1)CCN(C(=O)C1CCC1)CC2. The fraction of sp³-hybridized carbons (Fsp3) is 0.722. The molecule has 130 valence electrons. The highest BCUT2D eigenvalue weighted by atomic mass is 32.2. The molecule has 24 heavy (non-hydrogen) atoms. The van der Waals surface area contributed by atoms with Crippen molar-refractivity contribution in [2.45, 2.75) is 51.5 Å². The summed E-state index contributed by atoms with van der Waals surface area (Å²) in [6.07, 6.45) is 6.29. The third-order valence-electron chi connectivity index (χ3n) is 5.49. The van der Waals surface area contributed by atoms with Gasteiger partial charge in [0.1, 0.15) is 11.6 Å². The van der Waals surface area contributed by atoms with Crippen LogP contribution in [-0.2, 0) is 17.6 Å². The van der Waals surface area contributed by atoms with E-state index in [1.54, 1.807) is 0 Å². The zero-order chi connectivity index (χ0) is 16.5. The van der Waals surface area contributed by atoms with E-state index in [1.807, 2.05) is 18.7 Å². The van der Waals surface area contributed by atoms with E-state index in [-0.39, 0.29) is 5.92 Å². The Morgan fingerprint density at radius 2 is 2.04 bits per heavy atom. The first kappa shape index (κ1) is 16.2. The first-order valence-electron chi connectivity index (χ1n) is 9.20. The first-order valence-corrected chi connectivity index (χ1v) is 10.4. The lowest BCUT2D eigenvalue weighted by Crippen LogP contribution is -2.40. The molecule has 0 radical (unpaired) electrons. The van der Waals surface area contributed by atoms with Crippen LogP contribution >= 0.6 is 11.8 Å². The number of amides is 1. The molecular formula is C18H26N4OS. The van der Waals surface area contributed by atoms with Gasteiger partial charge in [-0.3, -0.25) is 4.79 Å². The monoisotopic (exact) mass is 346 g/mol. The lowest BCUT2D eigenvalue weighted by molar-refractivity contribution is -0.138. The molecule has 1 saturated heterocycles. The summed E-state index contributed by atoms with van der Waals surface area (Å²) in [6.45, 7) is 3.58. The molecule has 0 spiro atoms. The summed E-state index contributed by atoms with van der Waals surface area (Å²) < 4.78 is 0. The summed E-state index contributed by atoms with van der Waals surface area (Å²) in [5.74, 6) is 4.88. The molecule has 1 N–H and O–H groups in total. The van der Waals surface area contributed by atoms with E-state index in [1.165, 1.54) is 24.2 Å². The van der Waals surface area contributed by atoms with E-state index in [0.29, 0.717) is 11.9 Å². The van der Waals surface area contributed by atoms with Crippen LogP contribution in [0.25, 0.3) is 0 Å². The Morgan fingerprint density at radius 1 is 1.21 bits per heavy atom. The largest absolute Gasteiger partial charge is 0.366 e. The molecule has 5 nitrogen and oxygen atoms in total. The second kappa shape index (κ2) is 6.90. The van der Waals surface area contributed by atoms with Crippen LogP contribution in [0.2, 0.25) is 0 Å². The number of thioether (sulfide) groups is 1. The van der Waals surface area contributed by atoms with Crippen LogP contribution < -0.4 is 5.32 Å². The van der Waals surface area contributed by atoms with E-state index in [4.69, 9.17) is 0 Å². The molecule has 4 rings (SSSR count). The van der Waals surface area contributed by atoms with Gasteiger partial charge in [0, 0.05) is 42.8 Å². The molecule has 0 unspecified atom stereocenters. The van der Waals surface area contributed by atoms with Crippen molar-refractivity contribution in [2.24, 2.45) is 5.92 Å². The number of anilines is 1. The number of carbonyl (C=O) groups is 1. The van der Waals surface area contributed by atoms with E-state index in [9.17, 15) is 4.79 Å². The smallest absolute Gasteiger partial charge is 0.225 e. The van der Waals surface area contributed by atoms with Gasteiger partial charge in [0.25, 0.3) is 0 Å². The van der Waals surface area contributed by atoms with Crippen molar-refractivity contribution >= 4 is 23.5 Å². The fourth-order valence-corrected chi connectivity index (χ4v) is 4.97. The van der Waals surface area contributed by atoms with E-state index < -0.39 is 0 Å². The van der Waals surface area contributed by atoms with Crippen molar-refractivity contribution in [3.05, 3.63) is 17.1 Å². The molecular weight excluding hydrogens is 320 g/mol. The molecule has 1 aromatic heterocycles. The Morgan fingerprint density at radius 3 is 2.75 bits per heavy atom. The number of rotatable bonds is 3. The highest BCUT2D eigenvalue weighted by Gasteiger charge is 2.31. The Balaban J connectivity index is 1.52. The number of aromatic nitrogens is 2. The van der Waals surface area contributed by atoms with E-state index in [0.717, 1.165) is 61.9 Å². The van der Waals surface area contributed by atoms with Gasteiger partial charge < -0.3 is 10.2 Å². The third kappa shape index (κ3) is 3.25. The molecule has 2 aliphatic heterocycles. The van der Waals surface area contributed by atoms with Gasteiger partial charge in [-0.15, -0.1) is 0 Å². The number of nitrogens with one attached hydrogen (secondary N) is 1. The summed E-state index contributed by atoms with van der Waals surface area (Å²) >= 11 is 2.00. The molecule has 6 heteroatoms. The zero-order valence-electron chi connectivity index (χ0n) is 14.4. The predicted molar refractivity (Wildman–Crippen MR) is 97.5 cm³/mol. The molecule has 3 aliphatic rings. The average molecular weight is 347 g/mol. The molecule has 1 saturated carbocycles. The van der Waals surface area contributed by atoms with Crippen LogP contribution in [0.15, 0.2) is 0 Å². The quantitative estimate of drug-likeness (QED) is 0.911. The Labute approximate surface area is 148 Å². The van der Waals surface area contributed by atoms with Gasteiger partial charge in [-0.1, -0.05) is 6.42 Å². The second-order valence-corrected chi connectivity index (χ2v) is 8.35. The predicted octanol–water partition coefficient (Wildman–Crippen LogP) is 2.43. The van der Waals surface area contributed by atoms with Crippen molar-refractivity contribution in [1.29, 1.82) is 0 Å². The van der Waals surface area contributed by atoms with Gasteiger partial charge in [0.2, 0.25) is 5.91 Å². The van der Waals surface area contributed by atoms with Gasteiger partial charge in [-0.05, 0) is 38.4 Å². The molecule has 0 bridgehead atoms. The van der Waals surface area contributed by atoms with Crippen LogP contribution in [0.1, 0.15) is 42.8 Å². The van der Waals surface area contributed by atoms with Crippen molar-refractivity contribution in [1.82, 2.24) is 14.9 Å². The Kier molecular flexibility index (Phi) is 4.66. The lowest BCUT2D eigenvalue weighted by Gasteiger charge is -2.30. The number of aryl methyl sites for hydroxylation is 1. The van der Waals surface area contributed by atoms with Crippen molar-refractivity contribution in [3.8, 4) is 0 Å². The maximum absolute atomic E-state index is 12.6. The summed E-state index contributed by atoms with van der Waals surface area (Å²) in [7, 11) is 0. The van der Waals surface area contributed by atoms with Crippen molar-refractivity contribution < 1.29 is 4.79 Å². The van der Waals surface area contributed by atoms with Crippen LogP contribution in [0.4, 0.5) is 5.82 Å². The number of fused-ring (bicyclic) bond motifs is 1. The standard InChI is InChI=1S/C18H26N4OS/c1-12-19-16-6-9-22(18(23)13-3-2-4-13)8-5-15(16)17(20-12)21-14-7-10-24-11-14/h13-14H,2-11H2,1H3,(H,19,20,21)/t14-/m1/s1. The molecule has 0 aromatic carbocycles. The first-order chi connectivity index (χ1) is 11.7. The van der Waals surface area contributed by atoms with Crippen molar-refractivity contribution in [2.75, 3.05) is 29.9 Å². The Bertz CT molecular complexity index is 626. The molecule has 1 amide bonds. The second-order valence-electron chi connectivity index (χ2n) is 7.20. The fourth-order valence-electron chi connectivity index (χ4n) is 3.82. The summed E-state index contributed by atoms with van der Waals surface area (Å²) in [5.41, 5.74) is 2.38. The third-order valence-corrected chi connectivity index (χ3v) is 6.65. The highest BCUT2D eigenvalue weighted by molar-refractivity contribution is 7.99. The van der Waals surface area contributed by atoms with Crippen LogP contribution in [0.5, 0.6) is 0 Å². The number of hydrogen-bond donors (Lipinski definition) is 1. The maximum atomic E-state index is 12.6. The molecule has 2 fully saturated rings. The topological polar surface area (TPSA) is 58.1 Å². The lowest BCUT2D eigenvalue weighted by atomic mass is 9.84. The molecule has 1 aliphatic carbocycles. The van der Waals surface area contributed by atoms with Crippen LogP contribution in [-0.4, -0.2) is 51.4 Å². The van der Waals surface area contributed by atoms with Gasteiger partial charge >= 0.3 is 0 Å². The maximum Gasteiger partial charge on any atom is 0.225 e. The zero-order valence-corrected chi connectivity index (χ0v) is 15.2. The molecule has 1 atom stereocenters. The number of carbonyl (C=O) groups excluding carboxylic acids is 1. The van der Waals surface area contributed by atoms with E-state index >= 15 is 0 Å². The minimum absolute atomic E-state index is 0.284. The molecule has 1 aromatic rings. The van der Waals surface area contributed by atoms with Gasteiger partial charge in [-0.25, -0.2) is 9.97 Å². The van der Waals surface area contributed by atoms with Crippen LogP contribution in [0.3, 0.4) is 0 Å². The summed E-state index contributed by atoms with van der Waals surface area (Å²) in [5, 5.41) is 3.65. The summed E-state index contributed by atoms with van der Waals surface area (Å²) in [4.78, 5) is 24.0. The summed E-state index contributed by atoms with van der Waals surface area (Å²) in [6, 6.07) is 0.518. The average Bonchev–Trinajstić information content (AvgIpc) is 2.90. The number of hydrogen-bond acceptors (Lipinski definition) is 5. The van der Waals surface area contributed by atoms with Gasteiger partial charge in [0.15, 0.2) is 0 Å². The minimum Gasteiger partial charge on any atom is -0.366 e. The number of nitrogens with zero attached hydrogens (tertiary/aromatic N) is 3. The Hall–Kier alpha value is -1.30. The normalized spacial score (nSPS) is 24.2. The molecule has 3 heterocycles.